The van der Waals surface area contributed by atoms with Crippen LogP contribution in [-0.4, -0.2) is 42.0 Å². The van der Waals surface area contributed by atoms with E-state index >= 15 is 0 Å². The topological polar surface area (TPSA) is 54.5 Å². The van der Waals surface area contributed by atoms with Gasteiger partial charge in [0.25, 0.3) is 5.91 Å². The number of aryl methyl sites for hydroxylation is 2. The van der Waals surface area contributed by atoms with Crippen LogP contribution in [0.3, 0.4) is 0 Å². The highest BCUT2D eigenvalue weighted by Gasteiger charge is 2.22. The largest absolute Gasteiger partial charge is 0.494 e. The van der Waals surface area contributed by atoms with Crippen LogP contribution >= 0.6 is 0 Å². The summed E-state index contributed by atoms with van der Waals surface area (Å²) in [5.74, 6) is -0.117. The van der Waals surface area contributed by atoms with E-state index in [1.165, 1.54) is 13.2 Å². The summed E-state index contributed by atoms with van der Waals surface area (Å²) >= 11 is 0. The minimum atomic E-state index is -0.336. The Kier molecular flexibility index (Phi) is 6.18. The molecule has 0 atom stereocenters. The lowest BCUT2D eigenvalue weighted by molar-refractivity contribution is 0.0910. The highest BCUT2D eigenvalue weighted by molar-refractivity contribution is 6.06. The first kappa shape index (κ1) is 21.2. The Morgan fingerprint density at radius 2 is 1.94 bits per heavy atom. The molecular weight excluding hydrogens is 393 g/mol. The number of fused-ring (bicyclic) bond motifs is 1. The van der Waals surface area contributed by atoms with Gasteiger partial charge >= 0.3 is 0 Å². The Morgan fingerprint density at radius 3 is 2.65 bits per heavy atom. The molecule has 2 heterocycles. The number of hydrogen-bond acceptors (Lipinski definition) is 4. The predicted octanol–water partition coefficient (Wildman–Crippen LogP) is 4.39. The molecule has 1 saturated heterocycles. The van der Waals surface area contributed by atoms with Crippen molar-refractivity contribution >= 4 is 16.8 Å². The molecule has 0 radical (unpaired) electrons. The van der Waals surface area contributed by atoms with Gasteiger partial charge in [-0.05, 0) is 62.6 Å². The van der Waals surface area contributed by atoms with Crippen LogP contribution in [0.1, 0.15) is 40.0 Å². The molecule has 1 N–H and O–H groups in total. The van der Waals surface area contributed by atoms with Crippen LogP contribution in [0.15, 0.2) is 42.5 Å². The molecule has 1 aromatic heterocycles. The number of carbonyl (C=O) groups is 1. The van der Waals surface area contributed by atoms with Crippen molar-refractivity contribution in [2.45, 2.75) is 39.3 Å². The monoisotopic (exact) mass is 421 g/mol. The number of benzene rings is 2. The Hall–Kier alpha value is -2.99. The van der Waals surface area contributed by atoms with Gasteiger partial charge in [0, 0.05) is 36.8 Å². The number of halogens is 1. The molecule has 162 valence electrons. The molecule has 1 amide bonds. The van der Waals surface area contributed by atoms with E-state index in [2.05, 4.69) is 15.2 Å². The SMILES string of the molecule is COc1ccc(CN2CCC(NC(=O)c3cc(C)nc4ccc(C)cc34)CC2)cc1F. The van der Waals surface area contributed by atoms with E-state index in [0.29, 0.717) is 12.1 Å². The summed E-state index contributed by atoms with van der Waals surface area (Å²) in [7, 11) is 1.47. The molecule has 0 bridgehead atoms. The summed E-state index contributed by atoms with van der Waals surface area (Å²) in [5.41, 5.74) is 4.40. The maximum absolute atomic E-state index is 13.9. The molecule has 0 saturated carbocycles. The zero-order valence-electron chi connectivity index (χ0n) is 18.2. The van der Waals surface area contributed by atoms with E-state index < -0.39 is 0 Å². The summed E-state index contributed by atoms with van der Waals surface area (Å²) in [6.45, 7) is 6.33. The van der Waals surface area contributed by atoms with Gasteiger partial charge in [0.1, 0.15) is 0 Å². The van der Waals surface area contributed by atoms with Gasteiger partial charge in [-0.3, -0.25) is 14.7 Å². The fraction of sp³-hybridized carbons (Fsp3) is 0.360. The predicted molar refractivity (Wildman–Crippen MR) is 120 cm³/mol. The van der Waals surface area contributed by atoms with E-state index in [-0.39, 0.29) is 23.5 Å². The number of pyridine rings is 1. The third kappa shape index (κ3) is 4.85. The van der Waals surface area contributed by atoms with Crippen LogP contribution in [-0.2, 0) is 6.54 Å². The van der Waals surface area contributed by atoms with Gasteiger partial charge in [0.05, 0.1) is 18.2 Å². The second-order valence-corrected chi connectivity index (χ2v) is 8.32. The van der Waals surface area contributed by atoms with E-state index in [1.54, 1.807) is 6.07 Å². The van der Waals surface area contributed by atoms with Crippen molar-refractivity contribution in [3.63, 3.8) is 0 Å². The first-order valence-corrected chi connectivity index (χ1v) is 10.7. The smallest absolute Gasteiger partial charge is 0.252 e. The number of nitrogens with zero attached hydrogens (tertiary/aromatic N) is 2. The number of piperidine rings is 1. The van der Waals surface area contributed by atoms with Crippen LogP contribution in [0.25, 0.3) is 10.9 Å². The van der Waals surface area contributed by atoms with Crippen molar-refractivity contribution in [3.05, 3.63) is 70.7 Å². The third-order valence-corrected chi connectivity index (χ3v) is 5.88. The van der Waals surface area contributed by atoms with Gasteiger partial charge in [0.15, 0.2) is 11.6 Å². The second-order valence-electron chi connectivity index (χ2n) is 8.32. The van der Waals surface area contributed by atoms with Crippen molar-refractivity contribution in [2.75, 3.05) is 20.2 Å². The van der Waals surface area contributed by atoms with Crippen molar-refractivity contribution in [2.24, 2.45) is 0 Å². The van der Waals surface area contributed by atoms with E-state index in [9.17, 15) is 9.18 Å². The first-order valence-electron chi connectivity index (χ1n) is 10.7. The Bertz CT molecular complexity index is 1110. The second kappa shape index (κ2) is 9.02. The number of carbonyl (C=O) groups excluding carboxylic acids is 1. The lowest BCUT2D eigenvalue weighted by Crippen LogP contribution is -2.44. The van der Waals surface area contributed by atoms with Gasteiger partial charge in [0.2, 0.25) is 0 Å². The van der Waals surface area contributed by atoms with Crippen molar-refractivity contribution in [1.29, 1.82) is 0 Å². The number of methoxy groups -OCH3 is 1. The standard InChI is InChI=1S/C25H28FN3O2/c1-16-4-6-23-20(12-16)21(13-17(2)27-23)25(30)28-19-8-10-29(11-9-19)15-18-5-7-24(31-3)22(26)14-18/h4-7,12-14,19H,8-11,15H2,1-3H3,(H,28,30). The molecule has 5 nitrogen and oxygen atoms in total. The summed E-state index contributed by atoms with van der Waals surface area (Å²) < 4.78 is 18.9. The zero-order valence-corrected chi connectivity index (χ0v) is 18.2. The molecule has 1 aliphatic heterocycles. The lowest BCUT2D eigenvalue weighted by Gasteiger charge is -2.32. The highest BCUT2D eigenvalue weighted by atomic mass is 19.1. The average Bonchev–Trinajstić information content (AvgIpc) is 2.75. The molecular formula is C25H28FN3O2. The van der Waals surface area contributed by atoms with Gasteiger partial charge < -0.3 is 10.1 Å². The van der Waals surface area contributed by atoms with Crippen molar-refractivity contribution in [1.82, 2.24) is 15.2 Å². The van der Waals surface area contributed by atoms with Crippen LogP contribution < -0.4 is 10.1 Å². The molecule has 3 aromatic rings. The molecule has 6 heteroatoms. The van der Waals surface area contributed by atoms with Crippen LogP contribution in [0.2, 0.25) is 0 Å². The fourth-order valence-electron chi connectivity index (χ4n) is 4.22. The minimum Gasteiger partial charge on any atom is -0.494 e. The van der Waals surface area contributed by atoms with E-state index in [4.69, 9.17) is 4.74 Å². The number of rotatable bonds is 5. The first-order chi connectivity index (χ1) is 14.9. The minimum absolute atomic E-state index is 0.0447. The lowest BCUT2D eigenvalue weighted by atomic mass is 10.0. The number of likely N-dealkylation sites (tertiary alicyclic amines) is 1. The van der Waals surface area contributed by atoms with Crippen LogP contribution in [0.4, 0.5) is 4.39 Å². The zero-order chi connectivity index (χ0) is 22.0. The van der Waals surface area contributed by atoms with Gasteiger partial charge in [-0.25, -0.2) is 4.39 Å². The van der Waals surface area contributed by atoms with Gasteiger partial charge in [-0.1, -0.05) is 17.7 Å². The molecule has 31 heavy (non-hydrogen) atoms. The number of aromatic nitrogens is 1. The van der Waals surface area contributed by atoms with E-state index in [1.807, 2.05) is 44.2 Å². The Labute approximate surface area is 182 Å². The highest BCUT2D eigenvalue weighted by Crippen LogP contribution is 2.22. The number of amides is 1. The van der Waals surface area contributed by atoms with Gasteiger partial charge in [-0.15, -0.1) is 0 Å². The Balaban J connectivity index is 1.38. The normalized spacial score (nSPS) is 15.2. The number of nitrogens with one attached hydrogen (secondary N) is 1. The average molecular weight is 422 g/mol. The quantitative estimate of drug-likeness (QED) is 0.664. The molecule has 4 rings (SSSR count). The van der Waals surface area contributed by atoms with Crippen molar-refractivity contribution < 1.29 is 13.9 Å². The summed E-state index contributed by atoms with van der Waals surface area (Å²) in [4.78, 5) is 19.9. The maximum atomic E-state index is 13.9. The third-order valence-electron chi connectivity index (χ3n) is 5.88. The molecule has 2 aromatic carbocycles. The summed E-state index contributed by atoms with van der Waals surface area (Å²) in [6.07, 6.45) is 1.73. The summed E-state index contributed by atoms with van der Waals surface area (Å²) in [5, 5.41) is 4.10. The van der Waals surface area contributed by atoms with Crippen LogP contribution in [0, 0.1) is 19.7 Å². The molecule has 0 aliphatic carbocycles. The fourth-order valence-corrected chi connectivity index (χ4v) is 4.22. The molecule has 1 fully saturated rings. The van der Waals surface area contributed by atoms with E-state index in [0.717, 1.165) is 53.7 Å². The Morgan fingerprint density at radius 1 is 1.16 bits per heavy atom. The number of hydrogen-bond donors (Lipinski definition) is 1. The summed E-state index contributed by atoms with van der Waals surface area (Å²) in [6, 6.07) is 13.1. The van der Waals surface area contributed by atoms with Gasteiger partial charge in [-0.2, -0.15) is 0 Å². The maximum Gasteiger partial charge on any atom is 0.252 e. The molecule has 1 aliphatic rings. The molecule has 0 unspecified atom stereocenters. The molecule has 0 spiro atoms. The van der Waals surface area contributed by atoms with Crippen LogP contribution in [0.5, 0.6) is 5.75 Å². The van der Waals surface area contributed by atoms with Crippen molar-refractivity contribution in [3.8, 4) is 5.75 Å². The number of ether oxygens (including phenoxy) is 1.